The number of hydrogen-bond acceptors (Lipinski definition) is 7. The van der Waals surface area contributed by atoms with E-state index in [9.17, 15) is 29.4 Å². The van der Waals surface area contributed by atoms with Crippen LogP contribution in [0.3, 0.4) is 0 Å². The minimum Gasteiger partial charge on any atom is -0.545 e. The second-order valence-corrected chi connectivity index (χ2v) is 12.3. The fourth-order valence-corrected chi connectivity index (χ4v) is 6.68. The number of quaternary nitrogens is 2. The molecule has 0 spiro atoms. The van der Waals surface area contributed by atoms with Crippen molar-refractivity contribution in [2.45, 2.75) is 57.4 Å². The van der Waals surface area contributed by atoms with Gasteiger partial charge in [-0.15, -0.1) is 0 Å². The van der Waals surface area contributed by atoms with Gasteiger partial charge >= 0.3 is 11.9 Å². The van der Waals surface area contributed by atoms with Gasteiger partial charge in [-0.25, -0.2) is 9.59 Å². The number of rotatable bonds is 9. The van der Waals surface area contributed by atoms with E-state index in [4.69, 9.17) is 10.2 Å². The van der Waals surface area contributed by atoms with Gasteiger partial charge in [-0.3, -0.25) is 0 Å². The predicted octanol–water partition coefficient (Wildman–Crippen LogP) is -0.666. The monoisotopic (exact) mass is 635 g/mol. The average molecular weight is 636 g/mol. The summed E-state index contributed by atoms with van der Waals surface area (Å²) in [7, 11) is 0. The van der Waals surface area contributed by atoms with Crippen LogP contribution in [0.25, 0.3) is 0 Å². The molecular weight excluding hydrogens is 590 g/mol. The first-order valence-corrected chi connectivity index (χ1v) is 15.8. The Labute approximate surface area is 270 Å². The van der Waals surface area contributed by atoms with Crippen LogP contribution in [0.2, 0.25) is 0 Å². The maximum atomic E-state index is 9.53. The Hall–Kier alpha value is -4.48. The number of likely N-dealkylation sites (tertiary alicyclic amines) is 2. The molecule has 2 fully saturated rings. The van der Waals surface area contributed by atoms with Crippen molar-refractivity contribution in [1.29, 1.82) is 0 Å². The first kappa shape index (κ1) is 36.0. The molecule has 2 aromatic carbocycles. The second-order valence-electron chi connectivity index (χ2n) is 12.3. The zero-order valence-corrected chi connectivity index (χ0v) is 26.6. The van der Waals surface area contributed by atoms with Gasteiger partial charge < -0.3 is 44.7 Å². The Bertz CT molecular complexity index is 1290. The number of para-hydroxylation sites is 2. The van der Waals surface area contributed by atoms with Crippen LogP contribution in [0.1, 0.15) is 57.1 Å². The third-order valence-corrected chi connectivity index (χ3v) is 8.89. The summed E-state index contributed by atoms with van der Waals surface area (Å²) in [6.45, 7) is 12.8. The SMILES string of the molecule is CC1(C)c2ccccc2N(CCC[NH+]2CCC([NH+]3CCCC3)CC2)c2ccccc21.O=C([O-])/C=C\C(=O)O.O=C([O-])/C=C\C(=O)O. The van der Waals surface area contributed by atoms with Crippen molar-refractivity contribution in [3.63, 3.8) is 0 Å². The van der Waals surface area contributed by atoms with Gasteiger partial charge in [0.1, 0.15) is 0 Å². The van der Waals surface area contributed by atoms with Crippen molar-refractivity contribution in [2.75, 3.05) is 44.2 Å². The molecule has 0 saturated carbocycles. The second kappa shape index (κ2) is 17.3. The van der Waals surface area contributed by atoms with E-state index in [0.717, 1.165) is 12.6 Å². The Morgan fingerprint density at radius 2 is 1.24 bits per heavy atom. The fourth-order valence-electron chi connectivity index (χ4n) is 6.68. The summed E-state index contributed by atoms with van der Waals surface area (Å²) >= 11 is 0. The molecule has 0 aromatic heterocycles. The zero-order chi connectivity index (χ0) is 33.7. The lowest BCUT2D eigenvalue weighted by molar-refractivity contribution is -0.951. The van der Waals surface area contributed by atoms with Gasteiger partial charge in [0.2, 0.25) is 0 Å². The minimum absolute atomic E-state index is 0.0642. The number of aliphatic carboxylic acids is 4. The van der Waals surface area contributed by atoms with Crippen molar-refractivity contribution in [3.05, 3.63) is 84.0 Å². The van der Waals surface area contributed by atoms with E-state index in [1.165, 1.54) is 87.3 Å². The van der Waals surface area contributed by atoms with Gasteiger partial charge in [-0.2, -0.15) is 0 Å². The van der Waals surface area contributed by atoms with Crippen molar-refractivity contribution < 1.29 is 49.4 Å². The summed E-state index contributed by atoms with van der Waals surface area (Å²) in [6, 6.07) is 19.1. The normalized spacial score (nSPS) is 20.1. The maximum absolute atomic E-state index is 9.53. The van der Waals surface area contributed by atoms with Crippen molar-refractivity contribution in [3.8, 4) is 0 Å². The molecule has 0 bridgehead atoms. The summed E-state index contributed by atoms with van der Waals surface area (Å²) < 4.78 is 0. The van der Waals surface area contributed by atoms with Gasteiger partial charge in [-0.1, -0.05) is 50.2 Å². The van der Waals surface area contributed by atoms with E-state index < -0.39 is 23.9 Å². The van der Waals surface area contributed by atoms with Crippen LogP contribution >= 0.6 is 0 Å². The zero-order valence-electron chi connectivity index (χ0n) is 26.6. The summed E-state index contributed by atoms with van der Waals surface area (Å²) in [5, 5.41) is 34.5. The number of carbonyl (C=O) groups is 4. The molecular formula is C35H45N3O8. The highest BCUT2D eigenvalue weighted by Crippen LogP contribution is 2.48. The topological polar surface area (TPSA) is 167 Å². The molecule has 0 radical (unpaired) electrons. The molecule has 2 aromatic rings. The highest BCUT2D eigenvalue weighted by molar-refractivity contribution is 5.89. The Kier molecular flexibility index (Phi) is 13.5. The molecule has 5 rings (SSSR count). The molecule has 2 saturated heterocycles. The minimum atomic E-state index is -1.51. The Morgan fingerprint density at radius 3 is 1.65 bits per heavy atom. The number of anilines is 2. The molecule has 11 nitrogen and oxygen atoms in total. The van der Waals surface area contributed by atoms with E-state index in [-0.39, 0.29) is 5.41 Å². The Balaban J connectivity index is 0.000000299. The van der Waals surface area contributed by atoms with E-state index in [1.54, 1.807) is 0 Å². The molecule has 11 heteroatoms. The molecule has 3 aliphatic heterocycles. The summed E-state index contributed by atoms with van der Waals surface area (Å²) in [5.41, 5.74) is 5.81. The molecule has 3 heterocycles. The molecule has 0 amide bonds. The van der Waals surface area contributed by atoms with E-state index in [2.05, 4.69) is 67.3 Å². The molecule has 248 valence electrons. The van der Waals surface area contributed by atoms with Gasteiger partial charge in [0.25, 0.3) is 0 Å². The van der Waals surface area contributed by atoms with Crippen molar-refractivity contribution in [1.82, 2.24) is 0 Å². The number of carboxylic acids is 4. The van der Waals surface area contributed by atoms with E-state index in [1.807, 2.05) is 9.80 Å². The van der Waals surface area contributed by atoms with Gasteiger partial charge in [0.05, 0.1) is 50.7 Å². The first-order chi connectivity index (χ1) is 21.9. The molecule has 0 unspecified atom stereocenters. The highest BCUT2D eigenvalue weighted by Gasteiger charge is 2.36. The molecule has 0 atom stereocenters. The Morgan fingerprint density at radius 1 is 0.783 bits per heavy atom. The van der Waals surface area contributed by atoms with Crippen LogP contribution in [0.4, 0.5) is 11.4 Å². The molecule has 0 aliphatic carbocycles. The number of piperidine rings is 1. The van der Waals surface area contributed by atoms with Gasteiger partial charge in [-0.05, 0) is 35.4 Å². The lowest BCUT2D eigenvalue weighted by Crippen LogP contribution is -3.19. The third kappa shape index (κ3) is 10.6. The smallest absolute Gasteiger partial charge is 0.328 e. The molecule has 46 heavy (non-hydrogen) atoms. The van der Waals surface area contributed by atoms with Crippen LogP contribution in [0, 0.1) is 0 Å². The largest absolute Gasteiger partial charge is 0.545 e. The summed E-state index contributed by atoms with van der Waals surface area (Å²) in [5.74, 6) is -5.61. The number of benzene rings is 2. The number of nitrogens with one attached hydrogen (secondary N) is 2. The van der Waals surface area contributed by atoms with Crippen LogP contribution in [0.15, 0.2) is 72.8 Å². The van der Waals surface area contributed by atoms with Crippen LogP contribution in [0.5, 0.6) is 0 Å². The predicted molar refractivity (Wildman–Crippen MR) is 169 cm³/mol. The number of hydrogen-bond donors (Lipinski definition) is 4. The summed E-state index contributed by atoms with van der Waals surface area (Å²) in [4.78, 5) is 44.3. The third-order valence-electron chi connectivity index (χ3n) is 8.89. The number of carboxylic acid groups (broad SMARTS) is 4. The van der Waals surface area contributed by atoms with Crippen LogP contribution in [-0.4, -0.2) is 79.4 Å². The van der Waals surface area contributed by atoms with Gasteiger partial charge in [0, 0.05) is 67.6 Å². The quantitative estimate of drug-likeness (QED) is 0.262. The number of carbonyl (C=O) groups excluding carboxylic acids is 2. The molecule has 3 aliphatic rings. The first-order valence-electron chi connectivity index (χ1n) is 15.8. The maximum Gasteiger partial charge on any atom is 0.328 e. The lowest BCUT2D eigenvalue weighted by atomic mass is 9.73. The lowest BCUT2D eigenvalue weighted by Gasteiger charge is -2.42. The average Bonchev–Trinajstić information content (AvgIpc) is 3.57. The highest BCUT2D eigenvalue weighted by atomic mass is 16.4. The van der Waals surface area contributed by atoms with Crippen molar-refractivity contribution >= 4 is 35.3 Å². The van der Waals surface area contributed by atoms with Crippen molar-refractivity contribution in [2.24, 2.45) is 0 Å². The standard InChI is InChI=1S/C27H37N3.2C4H4O4/c1-27(2)23-10-3-5-12-25(23)30(26-13-6-4-11-24(26)27)19-9-16-28-20-14-22(15-21-28)29-17-7-8-18-29;2*5-3(6)1-2-4(7)8/h3-6,10-13,22H,7-9,14-21H2,1-2H3;2*1-2H,(H,5,6)(H,7,8)/b;2*2-1-. The van der Waals surface area contributed by atoms with E-state index in [0.29, 0.717) is 24.3 Å². The summed E-state index contributed by atoms with van der Waals surface area (Å²) in [6.07, 6.45) is 8.94. The number of nitrogens with zero attached hydrogens (tertiary/aromatic N) is 1. The fraction of sp³-hybridized carbons (Fsp3) is 0.429. The van der Waals surface area contributed by atoms with Crippen LogP contribution < -0.4 is 24.9 Å². The van der Waals surface area contributed by atoms with Gasteiger partial charge in [0.15, 0.2) is 0 Å². The number of fused-ring (bicyclic) bond motifs is 2. The van der Waals surface area contributed by atoms with Crippen LogP contribution in [-0.2, 0) is 24.6 Å². The van der Waals surface area contributed by atoms with E-state index >= 15 is 0 Å². The molecule has 4 N–H and O–H groups in total.